The molecule has 0 saturated heterocycles. The van der Waals surface area contributed by atoms with E-state index in [1.807, 2.05) is 12.1 Å². The van der Waals surface area contributed by atoms with E-state index in [0.717, 1.165) is 25.9 Å². The summed E-state index contributed by atoms with van der Waals surface area (Å²) in [5.74, 6) is -0.284. The molecule has 0 aliphatic heterocycles. The number of hydrogen-bond donors (Lipinski definition) is 1. The molecular weight excluding hydrogens is 324 g/mol. The molecule has 0 atom stereocenters. The number of methoxy groups -OCH3 is 1. The van der Waals surface area contributed by atoms with E-state index in [2.05, 4.69) is 53.4 Å². The van der Waals surface area contributed by atoms with Crippen molar-refractivity contribution in [2.75, 3.05) is 7.11 Å². The molecule has 4 nitrogen and oxygen atoms in total. The molecule has 4 heteroatoms. The normalized spacial score (nSPS) is 23.0. The second-order valence-electron chi connectivity index (χ2n) is 7.26. The molecule has 2 aromatic rings. The quantitative estimate of drug-likeness (QED) is 0.809. The molecule has 0 spiro atoms. The highest BCUT2D eigenvalue weighted by molar-refractivity contribution is 5.80. The monoisotopic (exact) mass is 352 g/mol. The fourth-order valence-corrected chi connectivity index (χ4v) is 3.84. The minimum Gasteiger partial charge on any atom is -0.468 e. The number of carbonyl (C=O) groups is 1. The van der Waals surface area contributed by atoms with Crippen LogP contribution in [0.3, 0.4) is 0 Å². The second kappa shape index (κ2) is 8.47. The average Bonchev–Trinajstić information content (AvgIpc) is 2.69. The number of esters is 1. The molecular formula is C22H28N2O2. The lowest BCUT2D eigenvalue weighted by Gasteiger charge is -2.40. The summed E-state index contributed by atoms with van der Waals surface area (Å²) in [5, 5.41) is 0. The van der Waals surface area contributed by atoms with Crippen LogP contribution in [0.15, 0.2) is 60.7 Å². The predicted octanol–water partition coefficient (Wildman–Crippen LogP) is 3.50. The van der Waals surface area contributed by atoms with Crippen molar-refractivity contribution in [1.82, 2.24) is 4.90 Å². The van der Waals surface area contributed by atoms with Crippen molar-refractivity contribution in [2.24, 2.45) is 5.73 Å². The lowest BCUT2D eigenvalue weighted by molar-refractivity contribution is -0.148. The third kappa shape index (κ3) is 4.51. The first-order chi connectivity index (χ1) is 12.6. The summed E-state index contributed by atoms with van der Waals surface area (Å²) in [6, 6.07) is 21.5. The molecule has 2 aromatic carbocycles. The fourth-order valence-electron chi connectivity index (χ4n) is 3.84. The minimum atomic E-state index is -0.823. The molecule has 0 amide bonds. The number of rotatable bonds is 6. The molecule has 0 bridgehead atoms. The van der Waals surface area contributed by atoms with Crippen LogP contribution in [0.5, 0.6) is 0 Å². The van der Waals surface area contributed by atoms with Crippen LogP contribution in [0.2, 0.25) is 0 Å². The van der Waals surface area contributed by atoms with E-state index >= 15 is 0 Å². The van der Waals surface area contributed by atoms with E-state index in [4.69, 9.17) is 10.5 Å². The van der Waals surface area contributed by atoms with E-state index in [0.29, 0.717) is 18.9 Å². The van der Waals surface area contributed by atoms with Gasteiger partial charge in [0.2, 0.25) is 0 Å². The highest BCUT2D eigenvalue weighted by atomic mass is 16.5. The zero-order valence-electron chi connectivity index (χ0n) is 15.4. The largest absolute Gasteiger partial charge is 0.468 e. The molecule has 1 fully saturated rings. The Bertz CT molecular complexity index is 653. The van der Waals surface area contributed by atoms with E-state index in [-0.39, 0.29) is 5.97 Å². The zero-order chi connectivity index (χ0) is 18.4. The first-order valence-electron chi connectivity index (χ1n) is 9.30. The molecule has 2 N–H and O–H groups in total. The van der Waals surface area contributed by atoms with E-state index in [1.54, 1.807) is 0 Å². The lowest BCUT2D eigenvalue weighted by Crippen LogP contribution is -2.53. The van der Waals surface area contributed by atoms with Crippen molar-refractivity contribution >= 4 is 5.97 Å². The van der Waals surface area contributed by atoms with Crippen LogP contribution in [-0.2, 0) is 22.6 Å². The zero-order valence-corrected chi connectivity index (χ0v) is 15.4. The summed E-state index contributed by atoms with van der Waals surface area (Å²) in [6.07, 6.45) is 3.16. The topological polar surface area (TPSA) is 55.6 Å². The van der Waals surface area contributed by atoms with Crippen LogP contribution >= 0.6 is 0 Å². The Kier molecular flexibility index (Phi) is 6.07. The van der Waals surface area contributed by atoms with Gasteiger partial charge >= 0.3 is 5.97 Å². The van der Waals surface area contributed by atoms with Crippen molar-refractivity contribution in [2.45, 2.75) is 50.4 Å². The van der Waals surface area contributed by atoms with Gasteiger partial charge in [-0.3, -0.25) is 9.69 Å². The summed E-state index contributed by atoms with van der Waals surface area (Å²) < 4.78 is 4.90. The smallest absolute Gasteiger partial charge is 0.325 e. The average molecular weight is 352 g/mol. The Hall–Kier alpha value is -2.17. The number of nitrogens with zero attached hydrogens (tertiary/aromatic N) is 1. The van der Waals surface area contributed by atoms with Crippen LogP contribution in [0.1, 0.15) is 36.8 Å². The van der Waals surface area contributed by atoms with Gasteiger partial charge in [-0.15, -0.1) is 0 Å². The van der Waals surface area contributed by atoms with Gasteiger partial charge in [-0.1, -0.05) is 60.7 Å². The van der Waals surface area contributed by atoms with Gasteiger partial charge in [0.05, 0.1) is 7.11 Å². The summed E-state index contributed by atoms with van der Waals surface area (Å²) in [7, 11) is 1.42. The first kappa shape index (κ1) is 18.6. The maximum absolute atomic E-state index is 12.0. The second-order valence-corrected chi connectivity index (χ2v) is 7.26. The third-order valence-corrected chi connectivity index (χ3v) is 5.41. The molecule has 26 heavy (non-hydrogen) atoms. The highest BCUT2D eigenvalue weighted by Crippen LogP contribution is 2.31. The first-order valence-corrected chi connectivity index (χ1v) is 9.30. The van der Waals surface area contributed by atoms with Gasteiger partial charge in [-0.2, -0.15) is 0 Å². The predicted molar refractivity (Wildman–Crippen MR) is 103 cm³/mol. The van der Waals surface area contributed by atoms with Gasteiger partial charge < -0.3 is 10.5 Å². The molecule has 3 rings (SSSR count). The Morgan fingerprint density at radius 1 is 1.00 bits per heavy atom. The van der Waals surface area contributed by atoms with Crippen molar-refractivity contribution < 1.29 is 9.53 Å². The fraction of sp³-hybridized carbons (Fsp3) is 0.409. The Labute approximate surface area is 156 Å². The summed E-state index contributed by atoms with van der Waals surface area (Å²) in [4.78, 5) is 14.5. The van der Waals surface area contributed by atoms with E-state index < -0.39 is 5.54 Å². The number of ether oxygens (including phenoxy) is 1. The summed E-state index contributed by atoms with van der Waals surface area (Å²) in [6.45, 7) is 1.80. The maximum Gasteiger partial charge on any atom is 0.325 e. The van der Waals surface area contributed by atoms with Crippen molar-refractivity contribution in [3.05, 3.63) is 71.8 Å². The molecule has 1 aliphatic rings. The number of hydrogen-bond acceptors (Lipinski definition) is 4. The van der Waals surface area contributed by atoms with Crippen LogP contribution in [0.25, 0.3) is 0 Å². The molecule has 0 heterocycles. The minimum absolute atomic E-state index is 0.284. The van der Waals surface area contributed by atoms with Crippen LogP contribution in [0, 0.1) is 0 Å². The van der Waals surface area contributed by atoms with Gasteiger partial charge in [-0.25, -0.2) is 0 Å². The Balaban J connectivity index is 1.72. The van der Waals surface area contributed by atoms with Crippen LogP contribution in [0.4, 0.5) is 0 Å². The van der Waals surface area contributed by atoms with E-state index in [9.17, 15) is 4.79 Å². The Morgan fingerprint density at radius 2 is 1.46 bits per heavy atom. The van der Waals surface area contributed by atoms with Gasteiger partial charge in [0.15, 0.2) is 0 Å². The highest BCUT2D eigenvalue weighted by Gasteiger charge is 2.40. The third-order valence-electron chi connectivity index (χ3n) is 5.41. The van der Waals surface area contributed by atoms with Gasteiger partial charge in [0.1, 0.15) is 5.54 Å². The summed E-state index contributed by atoms with van der Waals surface area (Å²) >= 11 is 0. The molecule has 1 aliphatic carbocycles. The Morgan fingerprint density at radius 3 is 1.88 bits per heavy atom. The summed E-state index contributed by atoms with van der Waals surface area (Å²) in [5.41, 5.74) is 8.08. The van der Waals surface area contributed by atoms with Crippen LogP contribution in [-0.4, -0.2) is 29.6 Å². The lowest BCUT2D eigenvalue weighted by atomic mass is 9.79. The van der Waals surface area contributed by atoms with Gasteiger partial charge in [-0.05, 0) is 36.8 Å². The molecule has 1 saturated carbocycles. The van der Waals surface area contributed by atoms with Crippen molar-refractivity contribution in [1.29, 1.82) is 0 Å². The van der Waals surface area contributed by atoms with E-state index in [1.165, 1.54) is 18.2 Å². The van der Waals surface area contributed by atoms with Gasteiger partial charge in [0.25, 0.3) is 0 Å². The standard InChI is InChI=1S/C22H28N2O2/c1-26-21(25)22(23)14-12-20(13-15-22)24(16-18-8-4-2-5-9-18)17-19-10-6-3-7-11-19/h2-11,20H,12-17,23H2,1H3/t20-,22-. The SMILES string of the molecule is COC(=O)[C@]1(N)CC[C@H](N(Cc2ccccc2)Cc2ccccc2)CC1. The molecule has 0 unspecified atom stereocenters. The number of nitrogens with two attached hydrogens (primary N) is 1. The van der Waals surface area contributed by atoms with Crippen molar-refractivity contribution in [3.63, 3.8) is 0 Å². The number of carbonyl (C=O) groups excluding carboxylic acids is 1. The maximum atomic E-state index is 12.0. The van der Waals surface area contributed by atoms with Crippen molar-refractivity contribution in [3.8, 4) is 0 Å². The molecule has 0 aromatic heterocycles. The molecule has 0 radical (unpaired) electrons. The molecule has 138 valence electrons. The van der Waals surface area contributed by atoms with Gasteiger partial charge in [0, 0.05) is 19.1 Å². The van der Waals surface area contributed by atoms with Crippen LogP contribution < -0.4 is 5.73 Å². The number of benzene rings is 2.